The molecule has 0 bridgehead atoms. The number of rotatable bonds is 9. The van der Waals surface area contributed by atoms with Crippen molar-refractivity contribution in [1.29, 1.82) is 0 Å². The largest absolute Gasteiger partial charge is 0.496 e. The fourth-order valence-electron chi connectivity index (χ4n) is 5.10. The SMILES string of the molecule is CC[C@@H](NC(=O)c1ccc(CN2CCC(Cc3ccccc3)CC2)cc1)c1ccc(OC)c(C)c1. The van der Waals surface area contributed by atoms with Crippen molar-refractivity contribution >= 4 is 5.91 Å². The van der Waals surface area contributed by atoms with Crippen LogP contribution >= 0.6 is 0 Å². The molecule has 0 unspecified atom stereocenters. The number of likely N-dealkylation sites (tertiary alicyclic amines) is 1. The maximum absolute atomic E-state index is 12.9. The van der Waals surface area contributed by atoms with Gasteiger partial charge in [0.25, 0.3) is 5.91 Å². The van der Waals surface area contributed by atoms with E-state index in [0.29, 0.717) is 5.56 Å². The third-order valence-corrected chi connectivity index (χ3v) is 7.23. The van der Waals surface area contributed by atoms with Crippen molar-refractivity contribution in [3.63, 3.8) is 0 Å². The number of carbonyl (C=O) groups is 1. The van der Waals surface area contributed by atoms with Crippen LogP contribution in [-0.2, 0) is 13.0 Å². The number of hydrogen-bond acceptors (Lipinski definition) is 3. The molecule has 35 heavy (non-hydrogen) atoms. The Morgan fingerprint density at radius 3 is 2.34 bits per heavy atom. The predicted octanol–water partition coefficient (Wildman–Crippen LogP) is 6.34. The van der Waals surface area contributed by atoms with Crippen molar-refractivity contribution in [3.8, 4) is 5.75 Å². The molecule has 1 heterocycles. The topological polar surface area (TPSA) is 41.6 Å². The average molecular weight is 471 g/mol. The van der Waals surface area contributed by atoms with Gasteiger partial charge in [-0.2, -0.15) is 0 Å². The second-order valence-corrected chi connectivity index (χ2v) is 9.77. The number of benzene rings is 3. The number of carbonyl (C=O) groups excluding carboxylic acids is 1. The zero-order valence-corrected chi connectivity index (χ0v) is 21.3. The number of methoxy groups -OCH3 is 1. The van der Waals surface area contributed by atoms with Crippen molar-refractivity contribution in [3.05, 3.63) is 101 Å². The molecular formula is C31H38N2O2. The van der Waals surface area contributed by atoms with Crippen LogP contribution in [0.25, 0.3) is 0 Å². The van der Waals surface area contributed by atoms with Gasteiger partial charge < -0.3 is 10.1 Å². The quantitative estimate of drug-likeness (QED) is 0.397. The Morgan fingerprint density at radius 1 is 1.00 bits per heavy atom. The molecule has 3 aromatic carbocycles. The average Bonchev–Trinajstić information content (AvgIpc) is 2.89. The molecule has 4 heteroatoms. The van der Waals surface area contributed by atoms with Crippen molar-refractivity contribution < 1.29 is 9.53 Å². The summed E-state index contributed by atoms with van der Waals surface area (Å²) in [6.07, 6.45) is 4.51. The molecule has 4 rings (SSSR count). The van der Waals surface area contributed by atoms with E-state index < -0.39 is 0 Å². The second kappa shape index (κ2) is 12.0. The molecule has 3 aromatic rings. The number of aryl methyl sites for hydroxylation is 1. The van der Waals surface area contributed by atoms with Gasteiger partial charge in [0.15, 0.2) is 0 Å². The van der Waals surface area contributed by atoms with Gasteiger partial charge in [-0.05, 0) is 92.1 Å². The highest BCUT2D eigenvalue weighted by Gasteiger charge is 2.20. The first kappa shape index (κ1) is 25.0. The van der Waals surface area contributed by atoms with Crippen molar-refractivity contribution in [2.45, 2.75) is 52.1 Å². The molecule has 1 amide bonds. The molecule has 1 aliphatic heterocycles. The van der Waals surface area contributed by atoms with E-state index in [2.05, 4.69) is 65.7 Å². The van der Waals surface area contributed by atoms with Crippen LogP contribution in [0, 0.1) is 12.8 Å². The summed E-state index contributed by atoms with van der Waals surface area (Å²) in [5.41, 5.74) is 5.60. The zero-order chi connectivity index (χ0) is 24.6. The summed E-state index contributed by atoms with van der Waals surface area (Å²) in [7, 11) is 1.68. The number of nitrogens with one attached hydrogen (secondary N) is 1. The third kappa shape index (κ3) is 6.73. The summed E-state index contributed by atoms with van der Waals surface area (Å²) in [6.45, 7) is 7.35. The Hall–Kier alpha value is -3.11. The molecule has 0 aromatic heterocycles. The van der Waals surface area contributed by atoms with Crippen molar-refractivity contribution in [1.82, 2.24) is 10.2 Å². The van der Waals surface area contributed by atoms with E-state index in [9.17, 15) is 4.79 Å². The highest BCUT2D eigenvalue weighted by molar-refractivity contribution is 5.94. The Morgan fingerprint density at radius 2 is 1.71 bits per heavy atom. The molecule has 1 saturated heterocycles. The first-order valence-electron chi connectivity index (χ1n) is 12.9. The fraction of sp³-hybridized carbons (Fsp3) is 0.387. The number of piperidine rings is 1. The molecule has 1 fully saturated rings. The highest BCUT2D eigenvalue weighted by Crippen LogP contribution is 2.25. The minimum absolute atomic E-state index is 0.0241. The highest BCUT2D eigenvalue weighted by atomic mass is 16.5. The molecule has 1 aliphatic rings. The Balaban J connectivity index is 1.28. The molecule has 1 atom stereocenters. The molecule has 1 N–H and O–H groups in total. The Bertz CT molecular complexity index is 1090. The number of nitrogens with zero attached hydrogens (tertiary/aromatic N) is 1. The van der Waals surface area contributed by atoms with Crippen molar-refractivity contribution in [2.75, 3.05) is 20.2 Å². The van der Waals surface area contributed by atoms with Crippen LogP contribution in [0.5, 0.6) is 5.75 Å². The summed E-state index contributed by atoms with van der Waals surface area (Å²) < 4.78 is 5.37. The molecule has 0 spiro atoms. The molecule has 0 saturated carbocycles. The van der Waals surface area contributed by atoms with E-state index >= 15 is 0 Å². The van der Waals surface area contributed by atoms with Gasteiger partial charge in [0, 0.05) is 12.1 Å². The summed E-state index contributed by atoms with van der Waals surface area (Å²) >= 11 is 0. The number of amides is 1. The van der Waals surface area contributed by atoms with E-state index in [1.165, 1.54) is 30.4 Å². The van der Waals surface area contributed by atoms with Gasteiger partial charge in [-0.1, -0.05) is 61.5 Å². The third-order valence-electron chi connectivity index (χ3n) is 7.23. The van der Waals surface area contributed by atoms with Crippen LogP contribution in [0.3, 0.4) is 0 Å². The number of ether oxygens (including phenoxy) is 1. The van der Waals surface area contributed by atoms with Crippen molar-refractivity contribution in [2.24, 2.45) is 5.92 Å². The van der Waals surface area contributed by atoms with Crippen LogP contribution in [-0.4, -0.2) is 31.0 Å². The lowest BCUT2D eigenvalue weighted by atomic mass is 9.90. The van der Waals surface area contributed by atoms with Crippen LogP contribution < -0.4 is 10.1 Å². The Labute approximate surface area is 210 Å². The van der Waals surface area contributed by atoms with Gasteiger partial charge in [0.05, 0.1) is 13.2 Å². The minimum Gasteiger partial charge on any atom is -0.496 e. The first-order chi connectivity index (χ1) is 17.1. The van der Waals surface area contributed by atoms with Crippen LogP contribution in [0.15, 0.2) is 72.8 Å². The van der Waals surface area contributed by atoms with Crippen LogP contribution in [0.1, 0.15) is 64.8 Å². The lowest BCUT2D eigenvalue weighted by Gasteiger charge is -2.32. The van der Waals surface area contributed by atoms with E-state index in [1.54, 1.807) is 7.11 Å². The predicted molar refractivity (Wildman–Crippen MR) is 143 cm³/mol. The minimum atomic E-state index is -0.0291. The standard InChI is InChI=1S/C31H38N2O2/c1-4-29(28-14-15-30(35-3)23(2)20-28)32-31(34)27-12-10-26(11-13-27)22-33-18-16-25(17-19-33)21-24-8-6-5-7-9-24/h5-15,20,25,29H,4,16-19,21-22H2,1-3H3,(H,32,34)/t29-/m1/s1. The summed E-state index contributed by atoms with van der Waals surface area (Å²) in [6, 6.07) is 25.0. The monoisotopic (exact) mass is 470 g/mol. The van der Waals surface area contributed by atoms with Gasteiger partial charge in [0.1, 0.15) is 5.75 Å². The van der Waals surface area contributed by atoms with Crippen LogP contribution in [0.2, 0.25) is 0 Å². The lowest BCUT2D eigenvalue weighted by molar-refractivity contribution is 0.0935. The summed E-state index contributed by atoms with van der Waals surface area (Å²) in [4.78, 5) is 15.5. The summed E-state index contributed by atoms with van der Waals surface area (Å²) in [5, 5.41) is 3.20. The molecule has 0 radical (unpaired) electrons. The fourth-order valence-corrected chi connectivity index (χ4v) is 5.10. The van der Waals surface area contributed by atoms with Gasteiger partial charge >= 0.3 is 0 Å². The van der Waals surface area contributed by atoms with E-state index in [0.717, 1.165) is 48.8 Å². The maximum atomic E-state index is 12.9. The summed E-state index contributed by atoms with van der Waals surface area (Å²) in [5.74, 6) is 1.62. The zero-order valence-electron chi connectivity index (χ0n) is 21.3. The van der Waals surface area contributed by atoms with Gasteiger partial charge in [0.2, 0.25) is 0 Å². The molecule has 0 aliphatic carbocycles. The van der Waals surface area contributed by atoms with E-state index in [4.69, 9.17) is 4.74 Å². The first-order valence-corrected chi connectivity index (χ1v) is 12.9. The van der Waals surface area contributed by atoms with E-state index in [-0.39, 0.29) is 11.9 Å². The lowest BCUT2D eigenvalue weighted by Crippen LogP contribution is -2.33. The smallest absolute Gasteiger partial charge is 0.251 e. The number of hydrogen-bond donors (Lipinski definition) is 1. The normalized spacial score (nSPS) is 15.5. The van der Waals surface area contributed by atoms with Gasteiger partial charge in [-0.3, -0.25) is 9.69 Å². The van der Waals surface area contributed by atoms with Gasteiger partial charge in [-0.15, -0.1) is 0 Å². The van der Waals surface area contributed by atoms with E-state index in [1.807, 2.05) is 31.2 Å². The second-order valence-electron chi connectivity index (χ2n) is 9.77. The maximum Gasteiger partial charge on any atom is 0.251 e. The van der Waals surface area contributed by atoms with Gasteiger partial charge in [-0.25, -0.2) is 0 Å². The molecular weight excluding hydrogens is 432 g/mol. The van der Waals surface area contributed by atoms with Crippen LogP contribution in [0.4, 0.5) is 0 Å². The molecule has 184 valence electrons. The Kier molecular flexibility index (Phi) is 8.59. The molecule has 4 nitrogen and oxygen atoms in total.